The van der Waals surface area contributed by atoms with Crippen LogP contribution in [0.2, 0.25) is 0 Å². The minimum atomic E-state index is -0.172. The van der Waals surface area contributed by atoms with Gasteiger partial charge in [0.25, 0.3) is 0 Å². The van der Waals surface area contributed by atoms with E-state index in [1.807, 2.05) is 0 Å². The second-order valence-corrected chi connectivity index (χ2v) is 6.05. The van der Waals surface area contributed by atoms with Crippen molar-refractivity contribution in [2.75, 3.05) is 18.5 Å². The summed E-state index contributed by atoms with van der Waals surface area (Å²) < 4.78 is 0. The van der Waals surface area contributed by atoms with Crippen LogP contribution in [0.4, 0.5) is 5.69 Å². The Morgan fingerprint density at radius 1 is 1.29 bits per heavy atom. The van der Waals surface area contributed by atoms with E-state index in [-0.39, 0.29) is 5.54 Å². The highest BCUT2D eigenvalue weighted by Gasteiger charge is 2.16. The van der Waals surface area contributed by atoms with Crippen LogP contribution < -0.4 is 10.6 Å². The second-order valence-electron chi connectivity index (χ2n) is 6.05. The second kappa shape index (κ2) is 5.09. The van der Waals surface area contributed by atoms with Crippen molar-refractivity contribution < 1.29 is 0 Å². The van der Waals surface area contributed by atoms with Crippen LogP contribution in [0.15, 0.2) is 18.2 Å². The minimum absolute atomic E-state index is 0.172. The van der Waals surface area contributed by atoms with E-state index >= 15 is 0 Å². The third-order valence-electron chi connectivity index (χ3n) is 2.96. The van der Waals surface area contributed by atoms with Crippen molar-refractivity contribution >= 4 is 5.69 Å². The van der Waals surface area contributed by atoms with Gasteiger partial charge in [-0.15, -0.1) is 0 Å². The molecule has 0 radical (unpaired) electrons. The average molecular weight is 234 g/mol. The Hall–Kier alpha value is -1.02. The zero-order valence-electron chi connectivity index (χ0n) is 12.0. The van der Waals surface area contributed by atoms with Crippen molar-refractivity contribution in [1.82, 2.24) is 0 Å². The zero-order valence-corrected chi connectivity index (χ0v) is 12.0. The standard InChI is InChI=1S/C15H26N2/c1-11(2)13-8-7-12(3)14(9-13)17(6)10-15(4,5)16/h7-9,11H,10,16H2,1-6H3. The number of nitrogens with zero attached hydrogens (tertiary/aromatic N) is 1. The first-order chi connectivity index (χ1) is 7.70. The fourth-order valence-corrected chi connectivity index (χ4v) is 2.09. The van der Waals surface area contributed by atoms with Crippen LogP contribution in [-0.4, -0.2) is 19.1 Å². The lowest BCUT2D eigenvalue weighted by atomic mass is 9.99. The third-order valence-corrected chi connectivity index (χ3v) is 2.96. The molecule has 0 fully saturated rings. The monoisotopic (exact) mass is 234 g/mol. The summed E-state index contributed by atoms with van der Waals surface area (Å²) in [5.74, 6) is 0.564. The van der Waals surface area contributed by atoms with Crippen molar-refractivity contribution in [3.63, 3.8) is 0 Å². The zero-order chi connectivity index (χ0) is 13.2. The molecule has 0 aromatic heterocycles. The van der Waals surface area contributed by atoms with E-state index in [1.54, 1.807) is 0 Å². The Morgan fingerprint density at radius 3 is 2.35 bits per heavy atom. The molecular weight excluding hydrogens is 208 g/mol. The van der Waals surface area contributed by atoms with E-state index in [0.29, 0.717) is 5.92 Å². The molecular formula is C15H26N2. The van der Waals surface area contributed by atoms with Crippen LogP contribution in [0.5, 0.6) is 0 Å². The largest absolute Gasteiger partial charge is 0.373 e. The molecule has 0 spiro atoms. The van der Waals surface area contributed by atoms with Gasteiger partial charge in [0.05, 0.1) is 0 Å². The summed E-state index contributed by atoms with van der Waals surface area (Å²) in [6.45, 7) is 11.6. The fraction of sp³-hybridized carbons (Fsp3) is 0.600. The third kappa shape index (κ3) is 4.04. The molecule has 0 aliphatic rings. The molecule has 1 aromatic carbocycles. The van der Waals surface area contributed by atoms with Crippen molar-refractivity contribution in [3.8, 4) is 0 Å². The molecule has 2 heteroatoms. The first-order valence-corrected chi connectivity index (χ1v) is 6.31. The Kier molecular flexibility index (Phi) is 4.21. The number of benzene rings is 1. The Balaban J connectivity index is 2.99. The number of aryl methyl sites for hydroxylation is 1. The van der Waals surface area contributed by atoms with Gasteiger partial charge in [0.1, 0.15) is 0 Å². The summed E-state index contributed by atoms with van der Waals surface area (Å²) in [6, 6.07) is 6.70. The first kappa shape index (κ1) is 14.0. The highest BCUT2D eigenvalue weighted by atomic mass is 15.1. The molecule has 0 amide bonds. The number of hydrogen-bond donors (Lipinski definition) is 1. The fourth-order valence-electron chi connectivity index (χ4n) is 2.09. The Labute approximate surface area is 106 Å². The van der Waals surface area contributed by atoms with Crippen LogP contribution in [0.1, 0.15) is 44.7 Å². The Morgan fingerprint density at radius 2 is 1.88 bits per heavy atom. The molecule has 0 saturated carbocycles. The van der Waals surface area contributed by atoms with Gasteiger partial charge in [-0.3, -0.25) is 0 Å². The average Bonchev–Trinajstić information content (AvgIpc) is 2.14. The van der Waals surface area contributed by atoms with Crippen LogP contribution in [0.25, 0.3) is 0 Å². The van der Waals surface area contributed by atoms with Gasteiger partial charge in [-0.25, -0.2) is 0 Å². The van der Waals surface area contributed by atoms with E-state index < -0.39 is 0 Å². The van der Waals surface area contributed by atoms with E-state index in [0.717, 1.165) is 6.54 Å². The van der Waals surface area contributed by atoms with Crippen LogP contribution >= 0.6 is 0 Å². The number of rotatable bonds is 4. The predicted octanol–water partition coefficient (Wildman–Crippen LogP) is 3.29. The van der Waals surface area contributed by atoms with E-state index in [4.69, 9.17) is 5.73 Å². The van der Waals surface area contributed by atoms with Gasteiger partial charge in [-0.05, 0) is 43.9 Å². The molecule has 17 heavy (non-hydrogen) atoms. The lowest BCUT2D eigenvalue weighted by molar-refractivity contribution is 0.519. The smallest absolute Gasteiger partial charge is 0.0396 e. The number of nitrogens with two attached hydrogens (primary N) is 1. The summed E-state index contributed by atoms with van der Waals surface area (Å²) in [5.41, 5.74) is 9.88. The summed E-state index contributed by atoms with van der Waals surface area (Å²) in [4.78, 5) is 2.25. The van der Waals surface area contributed by atoms with Gasteiger partial charge in [-0.1, -0.05) is 26.0 Å². The van der Waals surface area contributed by atoms with Crippen molar-refractivity contribution in [3.05, 3.63) is 29.3 Å². The van der Waals surface area contributed by atoms with E-state index in [9.17, 15) is 0 Å². The molecule has 0 aliphatic carbocycles. The van der Waals surface area contributed by atoms with Gasteiger partial charge < -0.3 is 10.6 Å². The van der Waals surface area contributed by atoms with E-state index in [1.165, 1.54) is 16.8 Å². The van der Waals surface area contributed by atoms with Crippen molar-refractivity contribution in [2.24, 2.45) is 5.73 Å². The normalized spacial score (nSPS) is 12.0. The van der Waals surface area contributed by atoms with Gasteiger partial charge >= 0.3 is 0 Å². The van der Waals surface area contributed by atoms with Crippen molar-refractivity contribution in [2.45, 2.75) is 46.1 Å². The SMILES string of the molecule is Cc1ccc(C(C)C)cc1N(C)CC(C)(C)N. The number of anilines is 1. The molecule has 1 rings (SSSR count). The van der Waals surface area contributed by atoms with Crippen LogP contribution in [-0.2, 0) is 0 Å². The predicted molar refractivity (Wildman–Crippen MR) is 76.8 cm³/mol. The Bertz CT molecular complexity index is 375. The molecule has 0 atom stereocenters. The maximum absolute atomic E-state index is 6.08. The maximum Gasteiger partial charge on any atom is 0.0396 e. The molecule has 0 unspecified atom stereocenters. The van der Waals surface area contributed by atoms with Gasteiger partial charge in [0, 0.05) is 24.8 Å². The summed E-state index contributed by atoms with van der Waals surface area (Å²) in [5, 5.41) is 0. The highest BCUT2D eigenvalue weighted by Crippen LogP contribution is 2.25. The molecule has 2 N–H and O–H groups in total. The molecule has 0 heterocycles. The summed E-state index contributed by atoms with van der Waals surface area (Å²) in [7, 11) is 2.11. The topological polar surface area (TPSA) is 29.3 Å². The van der Waals surface area contributed by atoms with Crippen molar-refractivity contribution in [1.29, 1.82) is 0 Å². The maximum atomic E-state index is 6.08. The number of hydrogen-bond acceptors (Lipinski definition) is 2. The van der Waals surface area contributed by atoms with Crippen LogP contribution in [0, 0.1) is 6.92 Å². The molecule has 0 saturated heterocycles. The molecule has 96 valence electrons. The van der Waals surface area contributed by atoms with Gasteiger partial charge in [-0.2, -0.15) is 0 Å². The summed E-state index contributed by atoms with van der Waals surface area (Å²) >= 11 is 0. The van der Waals surface area contributed by atoms with Crippen LogP contribution in [0.3, 0.4) is 0 Å². The summed E-state index contributed by atoms with van der Waals surface area (Å²) in [6.07, 6.45) is 0. The lowest BCUT2D eigenvalue weighted by Gasteiger charge is -2.30. The highest BCUT2D eigenvalue weighted by molar-refractivity contribution is 5.55. The molecule has 2 nitrogen and oxygen atoms in total. The van der Waals surface area contributed by atoms with E-state index in [2.05, 4.69) is 64.8 Å². The van der Waals surface area contributed by atoms with Gasteiger partial charge in [0.15, 0.2) is 0 Å². The molecule has 0 aliphatic heterocycles. The lowest BCUT2D eigenvalue weighted by Crippen LogP contribution is -2.44. The first-order valence-electron chi connectivity index (χ1n) is 6.31. The minimum Gasteiger partial charge on any atom is -0.373 e. The molecule has 1 aromatic rings. The molecule has 0 bridgehead atoms. The quantitative estimate of drug-likeness (QED) is 0.866. The number of likely N-dealkylation sites (N-methyl/N-ethyl adjacent to an activating group) is 1. The van der Waals surface area contributed by atoms with Gasteiger partial charge in [0.2, 0.25) is 0 Å².